The quantitative estimate of drug-likeness (QED) is 0.751. The number of nitrogens with one attached hydrogen (secondary N) is 1. The molecule has 0 fully saturated rings. The first-order valence-corrected chi connectivity index (χ1v) is 6.72. The topological polar surface area (TPSA) is 84.9 Å². The molecule has 1 atom stereocenters. The molecule has 1 aromatic carbocycles. The standard InChI is InChI=1S/C15H21NO5/c1-9(2)15(19)20-8-11-5-6-12(16-4)13(7-11)21-10(3)14(17)18/h5-7,9-10,16H,8H2,1-4H3,(H,17,18)/t10-/m0/s1. The van der Waals surface area contributed by atoms with E-state index in [-0.39, 0.29) is 18.5 Å². The lowest BCUT2D eigenvalue weighted by atomic mass is 10.2. The van der Waals surface area contributed by atoms with Gasteiger partial charge in [-0.25, -0.2) is 4.79 Å². The van der Waals surface area contributed by atoms with Gasteiger partial charge in [0.05, 0.1) is 11.6 Å². The second-order valence-corrected chi connectivity index (χ2v) is 4.94. The van der Waals surface area contributed by atoms with E-state index in [9.17, 15) is 9.59 Å². The second-order valence-electron chi connectivity index (χ2n) is 4.94. The van der Waals surface area contributed by atoms with Crippen molar-refractivity contribution in [2.75, 3.05) is 12.4 Å². The molecule has 0 aliphatic rings. The summed E-state index contributed by atoms with van der Waals surface area (Å²) in [5, 5.41) is 11.8. The lowest BCUT2D eigenvalue weighted by molar-refractivity contribution is -0.148. The number of ether oxygens (including phenoxy) is 2. The van der Waals surface area contributed by atoms with E-state index in [1.807, 2.05) is 0 Å². The average molecular weight is 295 g/mol. The molecule has 0 unspecified atom stereocenters. The molecule has 0 aliphatic heterocycles. The molecule has 0 aliphatic carbocycles. The predicted molar refractivity (Wildman–Crippen MR) is 78.3 cm³/mol. The highest BCUT2D eigenvalue weighted by Gasteiger charge is 2.15. The Morgan fingerprint density at radius 3 is 2.48 bits per heavy atom. The van der Waals surface area contributed by atoms with E-state index < -0.39 is 12.1 Å². The fraction of sp³-hybridized carbons (Fsp3) is 0.467. The third-order valence-corrected chi connectivity index (χ3v) is 2.82. The first-order chi connectivity index (χ1) is 9.85. The molecule has 1 rings (SSSR count). The number of carbonyl (C=O) groups is 2. The molecule has 0 saturated heterocycles. The van der Waals surface area contributed by atoms with Crippen LogP contribution in [0.15, 0.2) is 18.2 Å². The Kier molecular flexibility index (Phi) is 6.02. The van der Waals surface area contributed by atoms with Crippen molar-refractivity contribution in [3.05, 3.63) is 23.8 Å². The van der Waals surface area contributed by atoms with Gasteiger partial charge in [0.15, 0.2) is 6.10 Å². The fourth-order valence-corrected chi connectivity index (χ4v) is 1.52. The van der Waals surface area contributed by atoms with Crippen LogP contribution in [0, 0.1) is 5.92 Å². The maximum absolute atomic E-state index is 11.4. The summed E-state index contributed by atoms with van der Waals surface area (Å²) >= 11 is 0. The summed E-state index contributed by atoms with van der Waals surface area (Å²) in [7, 11) is 1.71. The van der Waals surface area contributed by atoms with Crippen molar-refractivity contribution in [2.45, 2.75) is 33.5 Å². The van der Waals surface area contributed by atoms with Gasteiger partial charge in [-0.2, -0.15) is 0 Å². The normalized spacial score (nSPS) is 11.9. The van der Waals surface area contributed by atoms with Gasteiger partial charge < -0.3 is 19.9 Å². The van der Waals surface area contributed by atoms with E-state index >= 15 is 0 Å². The number of carbonyl (C=O) groups excluding carboxylic acids is 1. The molecule has 1 aromatic rings. The Bertz CT molecular complexity index is 513. The van der Waals surface area contributed by atoms with E-state index in [0.717, 1.165) is 5.56 Å². The molecule has 116 valence electrons. The number of benzene rings is 1. The molecule has 2 N–H and O–H groups in total. The Morgan fingerprint density at radius 1 is 1.29 bits per heavy atom. The zero-order valence-electron chi connectivity index (χ0n) is 12.7. The summed E-state index contributed by atoms with van der Waals surface area (Å²) in [6, 6.07) is 5.21. The molecular formula is C15H21NO5. The van der Waals surface area contributed by atoms with E-state index in [0.29, 0.717) is 11.4 Å². The number of anilines is 1. The van der Waals surface area contributed by atoms with Gasteiger partial charge in [0, 0.05) is 7.05 Å². The summed E-state index contributed by atoms with van der Waals surface area (Å²) in [5.41, 5.74) is 1.40. The van der Waals surface area contributed by atoms with Gasteiger partial charge in [0.1, 0.15) is 12.4 Å². The van der Waals surface area contributed by atoms with E-state index in [4.69, 9.17) is 14.6 Å². The van der Waals surface area contributed by atoms with Crippen molar-refractivity contribution in [3.8, 4) is 5.75 Å². The molecule has 0 radical (unpaired) electrons. The third-order valence-electron chi connectivity index (χ3n) is 2.82. The maximum atomic E-state index is 11.4. The van der Waals surface area contributed by atoms with E-state index in [2.05, 4.69) is 5.32 Å². The molecule has 0 bridgehead atoms. The van der Waals surface area contributed by atoms with E-state index in [1.165, 1.54) is 6.92 Å². The van der Waals surface area contributed by atoms with Crippen LogP contribution in [0.5, 0.6) is 5.75 Å². The Balaban J connectivity index is 2.84. The van der Waals surface area contributed by atoms with Gasteiger partial charge in [0.25, 0.3) is 0 Å². The summed E-state index contributed by atoms with van der Waals surface area (Å²) in [6.07, 6.45) is -0.967. The van der Waals surface area contributed by atoms with Gasteiger partial charge in [-0.1, -0.05) is 19.9 Å². The van der Waals surface area contributed by atoms with Gasteiger partial charge in [-0.05, 0) is 24.6 Å². The van der Waals surface area contributed by atoms with Gasteiger partial charge >= 0.3 is 11.9 Å². The summed E-state index contributed by atoms with van der Waals surface area (Å²) in [4.78, 5) is 22.3. The highest BCUT2D eigenvalue weighted by atomic mass is 16.5. The highest BCUT2D eigenvalue weighted by Crippen LogP contribution is 2.27. The number of hydrogen-bond acceptors (Lipinski definition) is 5. The van der Waals surface area contributed by atoms with Crippen molar-refractivity contribution in [1.29, 1.82) is 0 Å². The van der Waals surface area contributed by atoms with E-state index in [1.54, 1.807) is 39.1 Å². The summed E-state index contributed by atoms with van der Waals surface area (Å²) in [5.74, 6) is -1.11. The Hall–Kier alpha value is -2.24. The number of carboxylic acid groups (broad SMARTS) is 1. The first kappa shape index (κ1) is 16.8. The van der Waals surface area contributed by atoms with Crippen molar-refractivity contribution in [1.82, 2.24) is 0 Å². The molecule has 0 heterocycles. The number of rotatable bonds is 7. The SMILES string of the molecule is CNc1ccc(COC(=O)C(C)C)cc1O[C@@H](C)C(=O)O. The molecule has 0 spiro atoms. The maximum Gasteiger partial charge on any atom is 0.344 e. The smallest absolute Gasteiger partial charge is 0.344 e. The first-order valence-electron chi connectivity index (χ1n) is 6.72. The third kappa shape index (κ3) is 4.98. The zero-order valence-corrected chi connectivity index (χ0v) is 12.7. The number of aliphatic carboxylic acids is 1. The summed E-state index contributed by atoms with van der Waals surface area (Å²) in [6.45, 7) is 5.09. The van der Waals surface area contributed by atoms with Crippen molar-refractivity contribution >= 4 is 17.6 Å². The molecule has 0 amide bonds. The van der Waals surface area contributed by atoms with Crippen LogP contribution in [0.4, 0.5) is 5.69 Å². The van der Waals surface area contributed by atoms with Crippen LogP contribution in [0.3, 0.4) is 0 Å². The molecule has 21 heavy (non-hydrogen) atoms. The van der Waals surface area contributed by atoms with Crippen LogP contribution in [-0.4, -0.2) is 30.2 Å². The molecular weight excluding hydrogens is 274 g/mol. The monoisotopic (exact) mass is 295 g/mol. The highest BCUT2D eigenvalue weighted by molar-refractivity contribution is 5.73. The number of esters is 1. The van der Waals surface area contributed by atoms with Crippen LogP contribution in [0.1, 0.15) is 26.3 Å². The summed E-state index contributed by atoms with van der Waals surface area (Å²) < 4.78 is 10.5. The number of carboxylic acids is 1. The lowest BCUT2D eigenvalue weighted by Gasteiger charge is -2.16. The van der Waals surface area contributed by atoms with Crippen molar-refractivity contribution in [3.63, 3.8) is 0 Å². The second kappa shape index (κ2) is 7.52. The minimum Gasteiger partial charge on any atom is -0.479 e. The van der Waals surface area contributed by atoms with Crippen molar-refractivity contribution < 1.29 is 24.2 Å². The van der Waals surface area contributed by atoms with Gasteiger partial charge in [-0.15, -0.1) is 0 Å². The van der Waals surface area contributed by atoms with Gasteiger partial charge in [0.2, 0.25) is 0 Å². The zero-order chi connectivity index (χ0) is 16.0. The number of hydrogen-bond donors (Lipinski definition) is 2. The predicted octanol–water partition coefficient (Wildman–Crippen LogP) is 2.28. The van der Waals surface area contributed by atoms with Crippen LogP contribution < -0.4 is 10.1 Å². The van der Waals surface area contributed by atoms with Crippen LogP contribution in [-0.2, 0) is 20.9 Å². The Labute approximate surface area is 124 Å². The largest absolute Gasteiger partial charge is 0.479 e. The van der Waals surface area contributed by atoms with Crippen LogP contribution >= 0.6 is 0 Å². The molecule has 6 nitrogen and oxygen atoms in total. The molecule has 6 heteroatoms. The molecule has 0 aromatic heterocycles. The Morgan fingerprint density at radius 2 is 1.95 bits per heavy atom. The van der Waals surface area contributed by atoms with Gasteiger partial charge in [-0.3, -0.25) is 4.79 Å². The minimum atomic E-state index is -1.05. The lowest BCUT2D eigenvalue weighted by Crippen LogP contribution is -2.23. The molecule has 0 saturated carbocycles. The average Bonchev–Trinajstić information content (AvgIpc) is 2.44. The fourth-order valence-electron chi connectivity index (χ4n) is 1.52. The van der Waals surface area contributed by atoms with Crippen LogP contribution in [0.2, 0.25) is 0 Å². The minimum absolute atomic E-state index is 0.124. The van der Waals surface area contributed by atoms with Crippen LogP contribution in [0.25, 0.3) is 0 Å². The van der Waals surface area contributed by atoms with Crippen molar-refractivity contribution in [2.24, 2.45) is 5.92 Å².